The fourth-order valence-corrected chi connectivity index (χ4v) is 0.386. The molecule has 0 aliphatic rings. The highest BCUT2D eigenvalue weighted by Gasteiger charge is 2.12. The highest BCUT2D eigenvalue weighted by Crippen LogP contribution is 1.94. The number of methoxy groups -OCH3 is 1. The Balaban J connectivity index is 3.29. The smallest absolute Gasteiger partial charge is 0.181 e. The molecule has 0 amide bonds. The van der Waals surface area contributed by atoms with Gasteiger partial charge in [-0.3, -0.25) is 0 Å². The van der Waals surface area contributed by atoms with Gasteiger partial charge >= 0.3 is 0 Å². The van der Waals surface area contributed by atoms with Crippen LogP contribution in [0.4, 0.5) is 0 Å². The fourth-order valence-electron chi connectivity index (χ4n) is 0.233. The lowest BCUT2D eigenvalue weighted by atomic mass is 10.4. The third-order valence-corrected chi connectivity index (χ3v) is 1.04. The zero-order valence-corrected chi connectivity index (χ0v) is 5.30. The minimum Gasteiger partial charge on any atom is -0.387 e. The van der Waals surface area contributed by atoms with E-state index in [1.807, 2.05) is 0 Å². The first-order valence-electron chi connectivity index (χ1n) is 2.17. The number of aliphatic hydroxyl groups excluding tert-OH is 2. The van der Waals surface area contributed by atoms with Crippen molar-refractivity contribution in [2.45, 2.75) is 12.4 Å². The van der Waals surface area contributed by atoms with E-state index < -0.39 is 12.4 Å². The van der Waals surface area contributed by atoms with E-state index >= 15 is 0 Å². The van der Waals surface area contributed by atoms with E-state index in [4.69, 9.17) is 21.8 Å². The molecule has 0 spiro atoms. The minimum absolute atomic E-state index is 0.0188. The average molecular weight is 141 g/mol. The molecule has 0 saturated heterocycles. The summed E-state index contributed by atoms with van der Waals surface area (Å²) in [6, 6.07) is 0. The molecule has 0 heterocycles. The Morgan fingerprint density at radius 3 is 2.25 bits per heavy atom. The Hall–Kier alpha value is 0.170. The summed E-state index contributed by atoms with van der Waals surface area (Å²) >= 11 is 5.14. The van der Waals surface area contributed by atoms with Crippen LogP contribution in [0.15, 0.2) is 0 Å². The second-order valence-electron chi connectivity index (χ2n) is 1.35. The van der Waals surface area contributed by atoms with Gasteiger partial charge in [0.1, 0.15) is 6.10 Å². The molecule has 0 fully saturated rings. The predicted octanol–water partition coefficient (Wildman–Crippen LogP) is -0.449. The van der Waals surface area contributed by atoms with Crippen LogP contribution in [0, 0.1) is 0 Å². The quantitative estimate of drug-likeness (QED) is 0.413. The van der Waals surface area contributed by atoms with E-state index in [2.05, 4.69) is 4.74 Å². The molecular weight excluding hydrogens is 131 g/mol. The molecular formula is C4H9ClO3. The number of halogens is 1. The Labute approximate surface area is 52.8 Å². The molecule has 0 radical (unpaired) electrons. The Morgan fingerprint density at radius 2 is 2.12 bits per heavy atom. The molecule has 0 aromatic carbocycles. The van der Waals surface area contributed by atoms with Crippen LogP contribution in [0.5, 0.6) is 0 Å². The molecule has 0 rings (SSSR count). The summed E-state index contributed by atoms with van der Waals surface area (Å²) in [4.78, 5) is 0. The highest BCUT2D eigenvalue weighted by molar-refractivity contribution is 6.18. The first kappa shape index (κ1) is 8.17. The Morgan fingerprint density at radius 1 is 1.62 bits per heavy atom. The largest absolute Gasteiger partial charge is 0.387 e. The third kappa shape index (κ3) is 2.47. The first-order chi connectivity index (χ1) is 3.72. The van der Waals surface area contributed by atoms with Crippen molar-refractivity contribution < 1.29 is 14.9 Å². The van der Waals surface area contributed by atoms with Gasteiger partial charge in [0.2, 0.25) is 0 Å². The van der Waals surface area contributed by atoms with Crippen LogP contribution < -0.4 is 0 Å². The van der Waals surface area contributed by atoms with Crippen molar-refractivity contribution in [1.82, 2.24) is 0 Å². The van der Waals surface area contributed by atoms with Gasteiger partial charge in [-0.2, -0.15) is 0 Å². The monoisotopic (exact) mass is 140 g/mol. The van der Waals surface area contributed by atoms with Gasteiger partial charge in [-0.15, -0.1) is 11.6 Å². The lowest BCUT2D eigenvalue weighted by Crippen LogP contribution is -2.28. The van der Waals surface area contributed by atoms with Crippen LogP contribution in [0.3, 0.4) is 0 Å². The third-order valence-electron chi connectivity index (χ3n) is 0.729. The highest BCUT2D eigenvalue weighted by atomic mass is 35.5. The van der Waals surface area contributed by atoms with Crippen LogP contribution in [0.2, 0.25) is 0 Å². The summed E-state index contributed by atoms with van der Waals surface area (Å²) in [7, 11) is 1.29. The van der Waals surface area contributed by atoms with E-state index in [1.54, 1.807) is 0 Å². The van der Waals surface area contributed by atoms with Crippen molar-refractivity contribution in [3.8, 4) is 0 Å². The second-order valence-corrected chi connectivity index (χ2v) is 1.66. The maximum absolute atomic E-state index is 8.62. The van der Waals surface area contributed by atoms with Crippen LogP contribution in [-0.4, -0.2) is 35.6 Å². The van der Waals surface area contributed by atoms with Gasteiger partial charge in [0, 0.05) is 7.11 Å². The number of ether oxygens (including phenoxy) is 1. The van der Waals surface area contributed by atoms with E-state index in [-0.39, 0.29) is 5.88 Å². The lowest BCUT2D eigenvalue weighted by Gasteiger charge is -2.11. The maximum Gasteiger partial charge on any atom is 0.181 e. The molecule has 2 atom stereocenters. The van der Waals surface area contributed by atoms with Crippen molar-refractivity contribution in [2.75, 3.05) is 13.0 Å². The molecule has 4 heteroatoms. The van der Waals surface area contributed by atoms with E-state index in [0.717, 1.165) is 0 Å². The van der Waals surface area contributed by atoms with Crippen LogP contribution >= 0.6 is 11.6 Å². The molecule has 0 aromatic rings. The van der Waals surface area contributed by atoms with Crippen LogP contribution in [0.1, 0.15) is 0 Å². The zero-order chi connectivity index (χ0) is 6.57. The molecule has 0 bridgehead atoms. The Bertz CT molecular complexity index is 51.2. The fraction of sp³-hybridized carbons (Fsp3) is 1.00. The number of hydrogen-bond donors (Lipinski definition) is 2. The van der Waals surface area contributed by atoms with E-state index in [1.165, 1.54) is 7.11 Å². The van der Waals surface area contributed by atoms with Gasteiger partial charge in [0.25, 0.3) is 0 Å². The summed E-state index contributed by atoms with van der Waals surface area (Å²) in [5, 5.41) is 17.2. The van der Waals surface area contributed by atoms with Gasteiger partial charge in [0.15, 0.2) is 6.29 Å². The van der Waals surface area contributed by atoms with Crippen LogP contribution in [-0.2, 0) is 4.74 Å². The van der Waals surface area contributed by atoms with Crippen molar-refractivity contribution in [3.05, 3.63) is 0 Å². The molecule has 2 N–H and O–H groups in total. The van der Waals surface area contributed by atoms with Gasteiger partial charge < -0.3 is 14.9 Å². The lowest BCUT2D eigenvalue weighted by molar-refractivity contribution is -0.136. The standard InChI is InChI=1S/C4H9ClO3/c1-8-4(7)3(6)2-5/h3-4,6-7H,2H2,1H3. The zero-order valence-electron chi connectivity index (χ0n) is 4.54. The molecule has 0 aliphatic carbocycles. The average Bonchev–Trinajstić information content (AvgIpc) is 1.84. The number of rotatable bonds is 3. The number of hydrogen-bond acceptors (Lipinski definition) is 3. The summed E-state index contributed by atoms with van der Waals surface area (Å²) in [6.45, 7) is 0. The van der Waals surface area contributed by atoms with Crippen LogP contribution in [0.25, 0.3) is 0 Å². The molecule has 50 valence electrons. The van der Waals surface area contributed by atoms with E-state index in [0.29, 0.717) is 0 Å². The van der Waals surface area contributed by atoms with Gasteiger partial charge in [-0.1, -0.05) is 0 Å². The number of alkyl halides is 1. The summed E-state index contributed by atoms with van der Waals surface area (Å²) in [5.41, 5.74) is 0. The maximum atomic E-state index is 8.62. The van der Waals surface area contributed by atoms with Crippen molar-refractivity contribution in [1.29, 1.82) is 0 Å². The number of aliphatic hydroxyl groups is 2. The predicted molar refractivity (Wildman–Crippen MR) is 29.7 cm³/mol. The van der Waals surface area contributed by atoms with Gasteiger partial charge in [-0.25, -0.2) is 0 Å². The second kappa shape index (κ2) is 4.09. The van der Waals surface area contributed by atoms with E-state index in [9.17, 15) is 0 Å². The topological polar surface area (TPSA) is 49.7 Å². The van der Waals surface area contributed by atoms with Crippen molar-refractivity contribution in [3.63, 3.8) is 0 Å². The summed E-state index contributed by atoms with van der Waals surface area (Å²) < 4.78 is 4.32. The molecule has 0 saturated carbocycles. The first-order valence-corrected chi connectivity index (χ1v) is 2.70. The Kier molecular flexibility index (Phi) is 4.18. The normalized spacial score (nSPS) is 18.0. The van der Waals surface area contributed by atoms with Gasteiger partial charge in [0.05, 0.1) is 5.88 Å². The van der Waals surface area contributed by atoms with Gasteiger partial charge in [-0.05, 0) is 0 Å². The molecule has 3 nitrogen and oxygen atoms in total. The molecule has 0 aromatic heterocycles. The van der Waals surface area contributed by atoms with Crippen molar-refractivity contribution >= 4 is 11.6 Å². The molecule has 0 aliphatic heterocycles. The molecule has 2 unspecified atom stereocenters. The minimum atomic E-state index is -1.16. The summed E-state index contributed by atoms with van der Waals surface area (Å²) in [6.07, 6.45) is -2.14. The molecule has 8 heavy (non-hydrogen) atoms. The van der Waals surface area contributed by atoms with Crippen molar-refractivity contribution in [2.24, 2.45) is 0 Å². The SMILES string of the molecule is COC(O)C(O)CCl. The summed E-state index contributed by atoms with van der Waals surface area (Å²) in [5.74, 6) is -0.0188.